The summed E-state index contributed by atoms with van der Waals surface area (Å²) in [5, 5.41) is 0. The maximum Gasteiger partial charge on any atom is 0.281 e. The first kappa shape index (κ1) is 9.80. The monoisotopic (exact) mass is 181 g/mol. The van der Waals surface area contributed by atoms with E-state index in [4.69, 9.17) is 0 Å². The second kappa shape index (κ2) is 3.62. The van der Waals surface area contributed by atoms with Gasteiger partial charge in [-0.3, -0.25) is 10.2 Å². The summed E-state index contributed by atoms with van der Waals surface area (Å²) in [4.78, 5) is 14.2. The Morgan fingerprint density at radius 2 is 2.15 bits per heavy atom. The molecule has 0 aliphatic carbocycles. The summed E-state index contributed by atoms with van der Waals surface area (Å²) in [5.74, 6) is -0.153. The first-order valence-electron chi connectivity index (χ1n) is 4.20. The van der Waals surface area contributed by atoms with Crippen molar-refractivity contribution in [2.24, 2.45) is 0 Å². The Bertz CT molecular complexity index is 272. The average molecular weight is 181 g/mol. The topological polar surface area (TPSA) is 56.9 Å². The third-order valence-corrected chi connectivity index (χ3v) is 1.39. The van der Waals surface area contributed by atoms with Gasteiger partial charge in [0.2, 0.25) is 0 Å². The van der Waals surface area contributed by atoms with E-state index in [2.05, 4.69) is 15.8 Å². The van der Waals surface area contributed by atoms with Crippen molar-refractivity contribution in [3.05, 3.63) is 24.0 Å². The fraction of sp³-hybridized carbons (Fsp3) is 0.444. The second-order valence-electron chi connectivity index (χ2n) is 3.91. The van der Waals surface area contributed by atoms with E-state index in [0.717, 1.165) is 0 Å². The summed E-state index contributed by atoms with van der Waals surface area (Å²) in [6.07, 6.45) is 1.71. The van der Waals surface area contributed by atoms with Crippen LogP contribution in [0.4, 0.5) is 0 Å². The van der Waals surface area contributed by atoms with Crippen molar-refractivity contribution in [1.29, 1.82) is 0 Å². The number of H-pyrrole nitrogens is 1. The zero-order chi connectivity index (χ0) is 9.90. The van der Waals surface area contributed by atoms with Gasteiger partial charge in [0.15, 0.2) is 0 Å². The van der Waals surface area contributed by atoms with Gasteiger partial charge in [0.1, 0.15) is 5.69 Å². The van der Waals surface area contributed by atoms with Gasteiger partial charge in [-0.1, -0.05) is 0 Å². The summed E-state index contributed by atoms with van der Waals surface area (Å²) in [6.45, 7) is 5.92. The molecule has 13 heavy (non-hydrogen) atoms. The molecule has 0 spiro atoms. The van der Waals surface area contributed by atoms with Crippen LogP contribution in [0.5, 0.6) is 0 Å². The molecule has 1 amide bonds. The van der Waals surface area contributed by atoms with Crippen LogP contribution in [0.3, 0.4) is 0 Å². The molecule has 0 saturated carbocycles. The highest BCUT2D eigenvalue weighted by Crippen LogP contribution is 1.97. The molecule has 0 aromatic carbocycles. The van der Waals surface area contributed by atoms with Gasteiger partial charge in [0.05, 0.1) is 0 Å². The highest BCUT2D eigenvalue weighted by molar-refractivity contribution is 5.91. The predicted octanol–water partition coefficient (Wildman–Crippen LogP) is 1.05. The van der Waals surface area contributed by atoms with E-state index >= 15 is 0 Å². The molecule has 1 heterocycles. The van der Waals surface area contributed by atoms with Crippen LogP contribution in [0, 0.1) is 0 Å². The Labute approximate surface area is 77.7 Å². The lowest BCUT2D eigenvalue weighted by Crippen LogP contribution is -2.48. The molecule has 0 aliphatic heterocycles. The number of rotatable bonds is 2. The number of aromatic amines is 1. The molecule has 0 atom stereocenters. The van der Waals surface area contributed by atoms with Crippen LogP contribution in [-0.4, -0.2) is 16.4 Å². The fourth-order valence-electron chi connectivity index (χ4n) is 0.783. The minimum atomic E-state index is -0.153. The summed E-state index contributed by atoms with van der Waals surface area (Å²) in [6, 6.07) is 3.51. The first-order chi connectivity index (χ1) is 5.99. The number of nitrogens with one attached hydrogen (secondary N) is 3. The van der Waals surface area contributed by atoms with Crippen molar-refractivity contribution in [3.8, 4) is 0 Å². The first-order valence-corrected chi connectivity index (χ1v) is 4.20. The smallest absolute Gasteiger partial charge is 0.281 e. The number of hydrogen-bond donors (Lipinski definition) is 3. The molecular weight excluding hydrogens is 166 g/mol. The van der Waals surface area contributed by atoms with Crippen LogP contribution >= 0.6 is 0 Å². The van der Waals surface area contributed by atoms with Gasteiger partial charge in [0.25, 0.3) is 5.91 Å². The van der Waals surface area contributed by atoms with E-state index in [-0.39, 0.29) is 11.4 Å². The van der Waals surface area contributed by atoms with Gasteiger partial charge in [-0.2, -0.15) is 0 Å². The Kier molecular flexibility index (Phi) is 2.72. The number of hydrogen-bond acceptors (Lipinski definition) is 2. The Hall–Kier alpha value is -1.29. The third-order valence-electron chi connectivity index (χ3n) is 1.39. The van der Waals surface area contributed by atoms with E-state index in [0.29, 0.717) is 5.69 Å². The summed E-state index contributed by atoms with van der Waals surface area (Å²) >= 11 is 0. The highest BCUT2D eigenvalue weighted by atomic mass is 16.2. The van der Waals surface area contributed by atoms with Gasteiger partial charge in [-0.25, -0.2) is 5.43 Å². The minimum Gasteiger partial charge on any atom is -0.357 e. The average Bonchev–Trinajstić information content (AvgIpc) is 2.50. The van der Waals surface area contributed by atoms with Crippen LogP contribution in [0.1, 0.15) is 31.3 Å². The summed E-state index contributed by atoms with van der Waals surface area (Å²) in [5.41, 5.74) is 5.92. The molecule has 4 heteroatoms. The number of amides is 1. The molecule has 0 aliphatic rings. The fourth-order valence-corrected chi connectivity index (χ4v) is 0.783. The van der Waals surface area contributed by atoms with E-state index in [9.17, 15) is 4.79 Å². The Balaban J connectivity index is 2.44. The molecule has 1 aromatic rings. The lowest BCUT2D eigenvalue weighted by Gasteiger charge is -2.20. The zero-order valence-corrected chi connectivity index (χ0v) is 8.14. The summed E-state index contributed by atoms with van der Waals surface area (Å²) < 4.78 is 0. The predicted molar refractivity (Wildman–Crippen MR) is 51.1 cm³/mol. The zero-order valence-electron chi connectivity index (χ0n) is 8.14. The van der Waals surface area contributed by atoms with E-state index < -0.39 is 0 Å². The second-order valence-corrected chi connectivity index (χ2v) is 3.91. The van der Waals surface area contributed by atoms with Crippen LogP contribution < -0.4 is 10.9 Å². The number of carbonyl (C=O) groups is 1. The van der Waals surface area contributed by atoms with Crippen LogP contribution in [0.15, 0.2) is 18.3 Å². The van der Waals surface area contributed by atoms with Crippen molar-refractivity contribution in [1.82, 2.24) is 15.8 Å². The van der Waals surface area contributed by atoms with E-state index in [1.165, 1.54) is 0 Å². The molecule has 0 saturated heterocycles. The van der Waals surface area contributed by atoms with Gasteiger partial charge in [-0.15, -0.1) is 0 Å². The molecule has 0 fully saturated rings. The Morgan fingerprint density at radius 3 is 2.62 bits per heavy atom. The van der Waals surface area contributed by atoms with E-state index in [1.54, 1.807) is 18.3 Å². The van der Waals surface area contributed by atoms with Crippen LogP contribution in [0.2, 0.25) is 0 Å². The maximum atomic E-state index is 11.3. The molecule has 1 aromatic heterocycles. The normalized spacial score (nSPS) is 11.3. The van der Waals surface area contributed by atoms with Crippen molar-refractivity contribution in [2.45, 2.75) is 26.3 Å². The third kappa shape index (κ3) is 3.29. The highest BCUT2D eigenvalue weighted by Gasteiger charge is 2.11. The lowest BCUT2D eigenvalue weighted by atomic mass is 10.1. The lowest BCUT2D eigenvalue weighted by molar-refractivity contribution is 0.0910. The minimum absolute atomic E-state index is 0.123. The van der Waals surface area contributed by atoms with Gasteiger partial charge >= 0.3 is 0 Å². The molecule has 3 N–H and O–H groups in total. The number of aromatic nitrogens is 1. The van der Waals surface area contributed by atoms with Crippen molar-refractivity contribution < 1.29 is 4.79 Å². The summed E-state index contributed by atoms with van der Waals surface area (Å²) in [7, 11) is 0. The van der Waals surface area contributed by atoms with E-state index in [1.807, 2.05) is 20.8 Å². The van der Waals surface area contributed by atoms with Gasteiger partial charge in [-0.05, 0) is 32.9 Å². The molecule has 0 unspecified atom stereocenters. The molecule has 4 nitrogen and oxygen atoms in total. The maximum absolute atomic E-state index is 11.3. The van der Waals surface area contributed by atoms with Gasteiger partial charge in [0, 0.05) is 11.7 Å². The van der Waals surface area contributed by atoms with Crippen LogP contribution in [-0.2, 0) is 0 Å². The molecule has 0 radical (unpaired) electrons. The van der Waals surface area contributed by atoms with Crippen LogP contribution in [0.25, 0.3) is 0 Å². The molecule has 0 bridgehead atoms. The molecule has 1 rings (SSSR count). The largest absolute Gasteiger partial charge is 0.357 e. The van der Waals surface area contributed by atoms with Gasteiger partial charge < -0.3 is 4.98 Å². The molecular formula is C9H15N3O. The van der Waals surface area contributed by atoms with Crippen molar-refractivity contribution in [2.75, 3.05) is 0 Å². The Morgan fingerprint density at radius 1 is 1.46 bits per heavy atom. The number of hydrazine groups is 1. The standard InChI is InChI=1S/C9H15N3O/c1-9(2,3)12-11-8(13)7-5-4-6-10-7/h4-6,10,12H,1-3H3,(H,11,13). The van der Waals surface area contributed by atoms with Crippen molar-refractivity contribution >= 4 is 5.91 Å². The SMILES string of the molecule is CC(C)(C)NNC(=O)c1ccc[nH]1. The van der Waals surface area contributed by atoms with Crippen molar-refractivity contribution in [3.63, 3.8) is 0 Å². The molecule has 72 valence electrons. The quantitative estimate of drug-likeness (QED) is 0.597. The number of carbonyl (C=O) groups excluding carboxylic acids is 1.